The van der Waals surface area contributed by atoms with Crippen LogP contribution in [0.3, 0.4) is 0 Å². The van der Waals surface area contributed by atoms with Crippen LogP contribution >= 0.6 is 0 Å². The molecule has 63 heavy (non-hydrogen) atoms. The molecule has 6 atom stereocenters. The number of ether oxygens (including phenoxy) is 7. The van der Waals surface area contributed by atoms with Crippen molar-refractivity contribution in [3.05, 3.63) is 90.0 Å². The Labute approximate surface area is 368 Å². The predicted molar refractivity (Wildman–Crippen MR) is 235 cm³/mol. The third-order valence-electron chi connectivity index (χ3n) is 12.4. The first-order chi connectivity index (χ1) is 30.7. The minimum Gasteiger partial charge on any atom is -0.497 e. The van der Waals surface area contributed by atoms with E-state index in [-0.39, 0.29) is 62.4 Å². The minimum absolute atomic E-state index is 0.0190. The van der Waals surface area contributed by atoms with E-state index in [0.717, 1.165) is 36.8 Å². The van der Waals surface area contributed by atoms with Crippen LogP contribution < -0.4 is 33.7 Å². The van der Waals surface area contributed by atoms with E-state index < -0.39 is 23.8 Å². The Morgan fingerprint density at radius 1 is 0.937 bits per heavy atom. The van der Waals surface area contributed by atoms with Gasteiger partial charge in [0.15, 0.2) is 11.5 Å². The van der Waals surface area contributed by atoms with Crippen molar-refractivity contribution in [1.82, 2.24) is 4.90 Å². The molecule has 15 heteroatoms. The fourth-order valence-electron chi connectivity index (χ4n) is 9.80. The highest BCUT2D eigenvalue weighted by atomic mass is 16.7. The Kier molecular flexibility index (Phi) is 14.8. The molecular weight excluding hydrogens is 811 g/mol. The van der Waals surface area contributed by atoms with E-state index in [1.807, 2.05) is 17.9 Å². The maximum Gasteiger partial charge on any atom is 0.417 e. The fourth-order valence-corrected chi connectivity index (χ4v) is 9.80. The SMILES string of the molecule is C=CCOC12Oc3ccc(OC(=O)Nc4ccc(OC)cc4OC)cc3C3C(CCCCO)C(CCCCO)C=C(C(=NOC)CC1N(CCC)C(=O)c1ccc4c(c1)OCO4)C32. The number of rotatable bonds is 20. The Balaban J connectivity index is 1.38. The summed E-state index contributed by atoms with van der Waals surface area (Å²) in [5.74, 6) is 0.271. The topological polar surface area (TPSA) is 176 Å². The lowest BCUT2D eigenvalue weighted by molar-refractivity contribution is -0.254. The first-order valence-corrected chi connectivity index (χ1v) is 21.8. The van der Waals surface area contributed by atoms with E-state index in [9.17, 15) is 19.8 Å². The number of hydrogen-bond donors (Lipinski definition) is 3. The third kappa shape index (κ3) is 9.32. The number of amides is 2. The molecule has 2 aliphatic heterocycles. The number of anilines is 1. The molecular formula is C48H59N3O12. The van der Waals surface area contributed by atoms with Crippen LogP contribution in [0.5, 0.6) is 34.5 Å². The molecule has 3 N–H and O–H groups in total. The quantitative estimate of drug-likeness (QED) is 0.0570. The van der Waals surface area contributed by atoms with E-state index in [4.69, 9.17) is 38.0 Å². The van der Waals surface area contributed by atoms with E-state index in [2.05, 4.69) is 23.1 Å². The van der Waals surface area contributed by atoms with Crippen molar-refractivity contribution in [2.45, 2.75) is 76.0 Å². The van der Waals surface area contributed by atoms with Gasteiger partial charge in [0.1, 0.15) is 36.1 Å². The molecule has 0 bridgehead atoms. The minimum atomic E-state index is -1.46. The second-order valence-electron chi connectivity index (χ2n) is 16.1. The Bertz CT molecular complexity index is 2180. The Morgan fingerprint density at radius 3 is 2.43 bits per heavy atom. The summed E-state index contributed by atoms with van der Waals surface area (Å²) in [5.41, 5.74) is 3.19. The number of allylic oxidation sites excluding steroid dienone is 1. The summed E-state index contributed by atoms with van der Waals surface area (Å²) in [4.78, 5) is 35.9. The molecule has 1 saturated carbocycles. The van der Waals surface area contributed by atoms with Crippen molar-refractivity contribution in [2.75, 3.05) is 59.8 Å². The summed E-state index contributed by atoms with van der Waals surface area (Å²) in [7, 11) is 4.56. The van der Waals surface area contributed by atoms with Gasteiger partial charge < -0.3 is 53.1 Å². The Morgan fingerprint density at radius 2 is 1.70 bits per heavy atom. The van der Waals surface area contributed by atoms with Gasteiger partial charge in [-0.3, -0.25) is 10.1 Å². The third-order valence-corrected chi connectivity index (χ3v) is 12.4. The number of aliphatic hydroxyl groups is 2. The molecule has 0 radical (unpaired) electrons. The van der Waals surface area contributed by atoms with Gasteiger partial charge in [0.25, 0.3) is 5.91 Å². The number of oxime groups is 1. The molecule has 0 saturated heterocycles. The van der Waals surface area contributed by atoms with Crippen LogP contribution in [0, 0.1) is 17.8 Å². The van der Waals surface area contributed by atoms with Crippen molar-refractivity contribution in [1.29, 1.82) is 0 Å². The van der Waals surface area contributed by atoms with E-state index in [1.165, 1.54) is 14.2 Å². The summed E-state index contributed by atoms with van der Waals surface area (Å²) in [6.07, 6.45) is 8.42. The molecule has 0 spiro atoms. The van der Waals surface area contributed by atoms with E-state index in [0.29, 0.717) is 71.5 Å². The second kappa shape index (κ2) is 20.6. The van der Waals surface area contributed by atoms with Crippen LogP contribution in [0.15, 0.2) is 84.1 Å². The number of fused-ring (bicyclic) bond motifs is 3. The van der Waals surface area contributed by atoms with Gasteiger partial charge in [-0.15, -0.1) is 6.58 Å². The van der Waals surface area contributed by atoms with E-state index in [1.54, 1.807) is 61.7 Å². The molecule has 0 aromatic heterocycles. The van der Waals surface area contributed by atoms with Crippen LogP contribution in [-0.2, 0) is 9.57 Å². The lowest BCUT2D eigenvalue weighted by atomic mass is 9.55. The summed E-state index contributed by atoms with van der Waals surface area (Å²) in [5, 5.41) is 27.3. The first kappa shape index (κ1) is 45.3. The van der Waals surface area contributed by atoms with Crippen molar-refractivity contribution in [3.63, 3.8) is 0 Å². The molecule has 338 valence electrons. The number of carbonyl (C=O) groups is 2. The highest BCUT2D eigenvalue weighted by Gasteiger charge is 2.65. The maximum absolute atomic E-state index is 15.0. The smallest absolute Gasteiger partial charge is 0.417 e. The molecule has 1 fully saturated rings. The largest absolute Gasteiger partial charge is 0.497 e. The van der Waals surface area contributed by atoms with Crippen molar-refractivity contribution in [2.24, 2.45) is 22.9 Å². The average molecular weight is 870 g/mol. The zero-order valence-electron chi connectivity index (χ0n) is 36.5. The van der Waals surface area contributed by atoms with Crippen LogP contribution in [0.2, 0.25) is 0 Å². The van der Waals surface area contributed by atoms with Gasteiger partial charge in [0.2, 0.25) is 12.6 Å². The number of unbranched alkanes of at least 4 members (excludes halogenated alkanes) is 2. The molecule has 4 aliphatic rings. The monoisotopic (exact) mass is 869 g/mol. The van der Waals surface area contributed by atoms with Crippen LogP contribution in [-0.4, -0.2) is 99.1 Å². The lowest BCUT2D eigenvalue weighted by Crippen LogP contribution is -2.70. The van der Waals surface area contributed by atoms with Crippen molar-refractivity contribution in [3.8, 4) is 34.5 Å². The number of carbonyl (C=O) groups excluding carboxylic acids is 2. The van der Waals surface area contributed by atoms with Gasteiger partial charge in [0, 0.05) is 49.3 Å². The van der Waals surface area contributed by atoms with Gasteiger partial charge in [0.05, 0.1) is 38.1 Å². The number of methoxy groups -OCH3 is 2. The number of hydrogen-bond acceptors (Lipinski definition) is 13. The summed E-state index contributed by atoms with van der Waals surface area (Å²) in [6.45, 7) is 6.72. The lowest BCUT2D eigenvalue weighted by Gasteiger charge is -2.60. The molecule has 3 aromatic rings. The van der Waals surface area contributed by atoms with E-state index >= 15 is 0 Å². The normalized spacial score (nSPS) is 23.4. The maximum atomic E-state index is 15.0. The average Bonchev–Trinajstić information content (AvgIpc) is 3.77. The number of nitrogens with zero attached hydrogens (tertiary/aromatic N) is 2. The van der Waals surface area contributed by atoms with Gasteiger partial charge in [-0.2, -0.15) is 0 Å². The molecule has 2 heterocycles. The highest BCUT2D eigenvalue weighted by Crippen LogP contribution is 2.62. The van der Waals surface area contributed by atoms with Crippen LogP contribution in [0.1, 0.15) is 80.1 Å². The Hall–Kier alpha value is -5.77. The summed E-state index contributed by atoms with van der Waals surface area (Å²) in [6, 6.07) is 14.9. The number of benzene rings is 3. The number of aliphatic hydroxyl groups excluding tert-OH is 2. The zero-order chi connectivity index (χ0) is 44.5. The number of nitrogens with one attached hydrogen (secondary N) is 1. The molecule has 2 amide bonds. The highest BCUT2D eigenvalue weighted by molar-refractivity contribution is 6.03. The van der Waals surface area contributed by atoms with Crippen LogP contribution in [0.25, 0.3) is 0 Å². The standard InChI is InChI=1S/C48H59N3O12/c1-6-20-51(46(54)31-14-18-40-42(25-31)60-29-59-40)43-28-38(50-58-5)35-24-30(12-8-10-21-52)34(13-9-11-22-53)44-36-26-33(16-19-39(36)63-48(43,45(35)44)61-23-7-2)62-47(55)49-37-17-15-32(56-3)27-41(37)57-4/h7,14-19,24-27,30,34,43-45,52-53H,2,6,8-13,20-23,28-29H2,1,3-5H3,(H,49,55). The fraction of sp³-hybridized carbons (Fsp3) is 0.479. The summed E-state index contributed by atoms with van der Waals surface area (Å²) < 4.78 is 42.4. The zero-order valence-corrected chi connectivity index (χ0v) is 36.5. The predicted octanol–water partition coefficient (Wildman–Crippen LogP) is 7.86. The summed E-state index contributed by atoms with van der Waals surface area (Å²) >= 11 is 0. The molecule has 7 rings (SSSR count). The van der Waals surface area contributed by atoms with Crippen molar-refractivity contribution >= 4 is 23.4 Å². The van der Waals surface area contributed by atoms with Crippen molar-refractivity contribution < 1.29 is 57.8 Å². The van der Waals surface area contributed by atoms with Gasteiger partial charge in [-0.25, -0.2) is 4.79 Å². The van der Waals surface area contributed by atoms with Gasteiger partial charge in [-0.05, 0) is 98.0 Å². The van der Waals surface area contributed by atoms with Crippen LogP contribution in [0.4, 0.5) is 10.5 Å². The second-order valence-corrected chi connectivity index (χ2v) is 16.1. The first-order valence-electron chi connectivity index (χ1n) is 21.8. The molecule has 15 nitrogen and oxygen atoms in total. The molecule has 6 unspecified atom stereocenters. The van der Waals surface area contributed by atoms with Gasteiger partial charge >= 0.3 is 6.09 Å². The molecule has 2 aliphatic carbocycles. The molecule has 3 aromatic carbocycles. The van der Waals surface area contributed by atoms with Gasteiger partial charge in [-0.1, -0.05) is 37.1 Å².